The van der Waals surface area contributed by atoms with E-state index in [4.69, 9.17) is 23.7 Å². The number of carbonyl (C=O) groups is 3. The molecular weight excluding hydrogens is 538 g/mol. The first-order valence-corrected chi connectivity index (χ1v) is 14.9. The van der Waals surface area contributed by atoms with Gasteiger partial charge < -0.3 is 23.7 Å². The van der Waals surface area contributed by atoms with Gasteiger partial charge in [0.1, 0.15) is 18.0 Å². The molecule has 0 radical (unpaired) electrons. The summed E-state index contributed by atoms with van der Waals surface area (Å²) in [7, 11) is 1.43. The van der Waals surface area contributed by atoms with Crippen molar-refractivity contribution < 1.29 is 38.1 Å². The van der Waals surface area contributed by atoms with Gasteiger partial charge in [-0.05, 0) is 75.3 Å². The van der Waals surface area contributed by atoms with Crippen LogP contribution in [0, 0.1) is 29.1 Å². The van der Waals surface area contributed by atoms with Crippen molar-refractivity contribution in [3.8, 4) is 17.2 Å². The Kier molecular flexibility index (Phi) is 9.04. The average molecular weight is 580 g/mol. The topological polar surface area (TPSA) is 110 Å². The van der Waals surface area contributed by atoms with E-state index in [0.29, 0.717) is 17.8 Å². The number of ketones is 1. The van der Waals surface area contributed by atoms with Crippen molar-refractivity contribution >= 4 is 17.7 Å². The van der Waals surface area contributed by atoms with Crippen LogP contribution in [0.1, 0.15) is 76.2 Å². The number of carbonyl (C=O) groups excluding carboxylic acids is 3. The van der Waals surface area contributed by atoms with Gasteiger partial charge in [-0.2, -0.15) is 0 Å². The van der Waals surface area contributed by atoms with Gasteiger partial charge in [0.15, 0.2) is 23.0 Å². The molecule has 0 aliphatic heterocycles. The third-order valence-electron chi connectivity index (χ3n) is 9.14. The van der Waals surface area contributed by atoms with Crippen molar-refractivity contribution in [2.45, 2.75) is 77.9 Å². The van der Waals surface area contributed by atoms with E-state index in [1.807, 2.05) is 37.3 Å². The highest BCUT2D eigenvalue weighted by molar-refractivity contribution is 5.99. The fourth-order valence-electron chi connectivity index (χ4n) is 7.81. The highest BCUT2D eigenvalue weighted by atomic mass is 16.7. The molecule has 4 aliphatic rings. The van der Waals surface area contributed by atoms with Crippen LogP contribution in [0.2, 0.25) is 0 Å². The van der Waals surface area contributed by atoms with Crippen molar-refractivity contribution in [3.05, 3.63) is 48.3 Å². The van der Waals surface area contributed by atoms with Crippen LogP contribution in [0.4, 0.5) is 0 Å². The molecule has 0 amide bonds. The maximum absolute atomic E-state index is 13.4. The smallest absolute Gasteiger partial charge is 0.309 e. The van der Waals surface area contributed by atoms with E-state index in [0.717, 1.165) is 25.0 Å². The molecule has 0 N–H and O–H groups in total. The van der Waals surface area contributed by atoms with Crippen LogP contribution in [0.5, 0.6) is 17.2 Å². The fraction of sp³-hybridized carbons (Fsp3) is 0.576. The van der Waals surface area contributed by atoms with Gasteiger partial charge in [-0.3, -0.25) is 14.4 Å². The third-order valence-corrected chi connectivity index (χ3v) is 9.14. The van der Waals surface area contributed by atoms with Crippen molar-refractivity contribution in [1.29, 1.82) is 0 Å². The summed E-state index contributed by atoms with van der Waals surface area (Å²) >= 11 is 0. The zero-order chi connectivity index (χ0) is 29.9. The van der Waals surface area contributed by atoms with Gasteiger partial charge in [-0.25, -0.2) is 4.98 Å². The van der Waals surface area contributed by atoms with E-state index < -0.39 is 36.5 Å². The van der Waals surface area contributed by atoms with Crippen LogP contribution in [-0.4, -0.2) is 48.8 Å². The molecular formula is C33H41NO8. The van der Waals surface area contributed by atoms with Gasteiger partial charge in [0.2, 0.25) is 6.79 Å². The van der Waals surface area contributed by atoms with E-state index in [9.17, 15) is 14.4 Å². The number of para-hydroxylation sites is 1. The van der Waals surface area contributed by atoms with E-state index in [1.165, 1.54) is 45.6 Å². The molecule has 1 aromatic heterocycles. The predicted molar refractivity (Wildman–Crippen MR) is 153 cm³/mol. The number of aromatic nitrogens is 1. The van der Waals surface area contributed by atoms with E-state index in [-0.39, 0.29) is 35.1 Å². The predicted octanol–water partition coefficient (Wildman–Crippen LogP) is 5.79. The molecule has 9 nitrogen and oxygen atoms in total. The second-order valence-corrected chi connectivity index (χ2v) is 12.4. The van der Waals surface area contributed by atoms with Crippen molar-refractivity contribution in [3.63, 3.8) is 0 Å². The van der Waals surface area contributed by atoms with E-state index >= 15 is 0 Å². The minimum absolute atomic E-state index is 0.00643. The molecule has 6 rings (SSSR count). The lowest BCUT2D eigenvalue weighted by Crippen LogP contribution is -2.57. The Bertz CT molecular complexity index is 1240. The molecule has 4 aliphatic carbocycles. The van der Waals surface area contributed by atoms with Gasteiger partial charge in [0.25, 0.3) is 0 Å². The number of ether oxygens (including phenoxy) is 5. The molecule has 0 saturated heterocycles. The summed E-state index contributed by atoms with van der Waals surface area (Å²) in [6, 6.07) is 11.3. The Hall–Kier alpha value is -3.62. The normalized spacial score (nSPS) is 26.0. The van der Waals surface area contributed by atoms with Crippen molar-refractivity contribution in [1.82, 2.24) is 4.98 Å². The molecule has 0 unspecified atom stereocenters. The number of hydrogen-bond donors (Lipinski definition) is 0. The molecule has 2 aromatic rings. The van der Waals surface area contributed by atoms with Crippen LogP contribution in [-0.2, 0) is 19.1 Å². The Balaban J connectivity index is 1.28. The molecule has 4 saturated carbocycles. The first kappa shape index (κ1) is 29.9. The Morgan fingerprint density at radius 3 is 2.21 bits per heavy atom. The Morgan fingerprint density at radius 1 is 0.976 bits per heavy atom. The van der Waals surface area contributed by atoms with Gasteiger partial charge in [-0.1, -0.05) is 25.1 Å². The average Bonchev–Trinajstić information content (AvgIpc) is 2.95. The number of esters is 2. The number of hydrogen-bond acceptors (Lipinski definition) is 9. The Morgan fingerprint density at radius 2 is 1.62 bits per heavy atom. The van der Waals surface area contributed by atoms with Crippen molar-refractivity contribution in [2.24, 2.45) is 29.1 Å². The number of methoxy groups -OCH3 is 1. The second kappa shape index (κ2) is 12.7. The van der Waals surface area contributed by atoms with Crippen LogP contribution < -0.4 is 14.2 Å². The SMILES string of the molecule is COc1ccnc(C(=O)C[C@@H](C)C(=O)O[C@@H](C)[C@H](Oc2ccccc2)C23CC4CC(CC(C4)C2)C3)c1OCOC(C)=O. The standard InChI is InChI=1S/C33H41NO8/c1-20(12-27(36)29-30(40-19-39-22(3)35)28(38-4)10-11-34-29)32(37)41-21(2)31(42-26-8-6-5-7-9-26)33-16-23-13-24(17-33)15-25(14-23)18-33/h5-11,20-21,23-25,31H,12-19H2,1-4H3/t20-,21+,23?,24?,25?,31+,33?/m1/s1. The van der Waals surface area contributed by atoms with Crippen LogP contribution in [0.15, 0.2) is 42.6 Å². The lowest BCUT2D eigenvalue weighted by Gasteiger charge is -2.59. The minimum atomic E-state index is -0.733. The lowest BCUT2D eigenvalue weighted by atomic mass is 9.47. The minimum Gasteiger partial charge on any atom is -0.493 e. The maximum atomic E-state index is 13.4. The summed E-state index contributed by atoms with van der Waals surface area (Å²) < 4.78 is 28.4. The number of nitrogens with zero attached hydrogens (tertiary/aromatic N) is 1. The van der Waals surface area contributed by atoms with Crippen LogP contribution in [0.3, 0.4) is 0 Å². The highest BCUT2D eigenvalue weighted by Crippen LogP contribution is 2.62. The maximum Gasteiger partial charge on any atom is 0.309 e. The number of rotatable bonds is 13. The quantitative estimate of drug-likeness (QED) is 0.165. The number of pyridine rings is 1. The molecule has 9 heteroatoms. The first-order valence-electron chi connectivity index (χ1n) is 14.9. The zero-order valence-corrected chi connectivity index (χ0v) is 24.9. The van der Waals surface area contributed by atoms with Crippen LogP contribution in [0.25, 0.3) is 0 Å². The third kappa shape index (κ3) is 6.55. The summed E-state index contributed by atoms with van der Waals surface area (Å²) in [4.78, 5) is 42.0. The molecule has 3 atom stereocenters. The highest BCUT2D eigenvalue weighted by Gasteiger charge is 2.57. The summed E-state index contributed by atoms with van der Waals surface area (Å²) in [6.45, 7) is 4.44. The Labute approximate surface area is 247 Å². The van der Waals surface area contributed by atoms with Crippen LogP contribution >= 0.6 is 0 Å². The number of Topliss-reactive ketones (excluding diaryl/α,β-unsaturated/α-hetero) is 1. The molecule has 4 fully saturated rings. The van der Waals surface area contributed by atoms with Crippen molar-refractivity contribution in [2.75, 3.05) is 13.9 Å². The van der Waals surface area contributed by atoms with E-state index in [1.54, 1.807) is 6.92 Å². The van der Waals surface area contributed by atoms with E-state index in [2.05, 4.69) is 4.98 Å². The lowest BCUT2D eigenvalue weighted by molar-refractivity contribution is -0.175. The largest absolute Gasteiger partial charge is 0.493 e. The summed E-state index contributed by atoms with van der Waals surface area (Å²) in [6.07, 6.45) is 7.72. The first-order chi connectivity index (χ1) is 20.2. The summed E-state index contributed by atoms with van der Waals surface area (Å²) in [5.41, 5.74) is -0.0322. The number of benzene rings is 1. The van der Waals surface area contributed by atoms with Gasteiger partial charge in [0.05, 0.1) is 13.0 Å². The monoisotopic (exact) mass is 579 g/mol. The molecule has 1 heterocycles. The molecule has 42 heavy (non-hydrogen) atoms. The molecule has 4 bridgehead atoms. The van der Waals surface area contributed by atoms with Gasteiger partial charge in [0, 0.05) is 31.0 Å². The summed E-state index contributed by atoms with van der Waals surface area (Å²) in [5.74, 6) is 1.09. The molecule has 226 valence electrons. The molecule has 1 aromatic carbocycles. The second-order valence-electron chi connectivity index (χ2n) is 12.4. The fourth-order valence-corrected chi connectivity index (χ4v) is 7.81. The van der Waals surface area contributed by atoms with Gasteiger partial charge >= 0.3 is 11.9 Å². The molecule has 0 spiro atoms. The zero-order valence-electron chi connectivity index (χ0n) is 24.9. The van der Waals surface area contributed by atoms with Gasteiger partial charge in [-0.15, -0.1) is 0 Å². The summed E-state index contributed by atoms with van der Waals surface area (Å²) in [5, 5.41) is 0.